The number of hydrogen-bond acceptors (Lipinski definition) is 3. The van der Waals surface area contributed by atoms with E-state index in [-0.39, 0.29) is 17.9 Å². The first-order chi connectivity index (χ1) is 8.18. The maximum absolute atomic E-state index is 11.9. The van der Waals surface area contributed by atoms with E-state index in [0.717, 1.165) is 19.4 Å². The van der Waals surface area contributed by atoms with Gasteiger partial charge >= 0.3 is 0 Å². The van der Waals surface area contributed by atoms with Crippen molar-refractivity contribution in [3.05, 3.63) is 35.9 Å². The van der Waals surface area contributed by atoms with Gasteiger partial charge in [-0.15, -0.1) is 0 Å². The number of nitrogens with zero attached hydrogens (tertiary/aromatic N) is 1. The Morgan fingerprint density at radius 3 is 2.59 bits per heavy atom. The molecule has 2 rings (SSSR count). The molecule has 0 bridgehead atoms. The molecule has 1 aliphatic rings. The molecule has 1 aromatic rings. The molecule has 1 atom stereocenters. The zero-order chi connectivity index (χ0) is 12.3. The summed E-state index contributed by atoms with van der Waals surface area (Å²) in [6.07, 6.45) is 1.83. The average Bonchev–Trinajstić information content (AvgIpc) is 2.76. The van der Waals surface area contributed by atoms with Gasteiger partial charge in [-0.25, -0.2) is 0 Å². The SMILES string of the molecule is CN1CCC[C@@H]1C(=O)NC(=O)c1ccccc1. The van der Waals surface area contributed by atoms with Crippen molar-refractivity contribution in [2.24, 2.45) is 0 Å². The highest BCUT2D eigenvalue weighted by molar-refractivity contribution is 6.06. The summed E-state index contributed by atoms with van der Waals surface area (Å²) in [5, 5.41) is 2.45. The van der Waals surface area contributed by atoms with Crippen LogP contribution < -0.4 is 5.32 Å². The highest BCUT2D eigenvalue weighted by Gasteiger charge is 2.28. The summed E-state index contributed by atoms with van der Waals surface area (Å²) in [6.45, 7) is 0.914. The van der Waals surface area contributed by atoms with E-state index in [2.05, 4.69) is 5.32 Å². The van der Waals surface area contributed by atoms with Crippen LogP contribution in [0.2, 0.25) is 0 Å². The first-order valence-corrected chi connectivity index (χ1v) is 5.79. The predicted octanol–water partition coefficient (Wildman–Crippen LogP) is 1.04. The first kappa shape index (κ1) is 11.8. The van der Waals surface area contributed by atoms with Crippen LogP contribution in [0.25, 0.3) is 0 Å². The smallest absolute Gasteiger partial charge is 0.257 e. The van der Waals surface area contributed by atoms with Crippen molar-refractivity contribution in [1.82, 2.24) is 10.2 Å². The second-order valence-electron chi connectivity index (χ2n) is 4.32. The minimum absolute atomic E-state index is 0.164. The van der Waals surface area contributed by atoms with Gasteiger partial charge in [0.1, 0.15) is 0 Å². The van der Waals surface area contributed by atoms with Gasteiger partial charge in [0.2, 0.25) is 5.91 Å². The Labute approximate surface area is 101 Å². The average molecular weight is 232 g/mol. The number of imide groups is 1. The Balaban J connectivity index is 1.97. The molecule has 0 saturated carbocycles. The van der Waals surface area contributed by atoms with Crippen LogP contribution in [0.3, 0.4) is 0 Å². The van der Waals surface area contributed by atoms with Crippen molar-refractivity contribution in [2.75, 3.05) is 13.6 Å². The molecule has 2 amide bonds. The molecule has 1 aliphatic heterocycles. The molecule has 1 saturated heterocycles. The number of carbonyl (C=O) groups is 2. The van der Waals surface area contributed by atoms with Crippen LogP contribution in [0.1, 0.15) is 23.2 Å². The van der Waals surface area contributed by atoms with Gasteiger partial charge in [-0.3, -0.25) is 19.8 Å². The lowest BCUT2D eigenvalue weighted by molar-refractivity contribution is -0.124. The quantitative estimate of drug-likeness (QED) is 0.775. The molecule has 0 aromatic heterocycles. The van der Waals surface area contributed by atoms with Crippen molar-refractivity contribution in [2.45, 2.75) is 18.9 Å². The van der Waals surface area contributed by atoms with Crippen LogP contribution in [0.4, 0.5) is 0 Å². The third-order valence-corrected chi connectivity index (χ3v) is 3.10. The monoisotopic (exact) mass is 232 g/mol. The van der Waals surface area contributed by atoms with E-state index in [4.69, 9.17) is 0 Å². The van der Waals surface area contributed by atoms with Gasteiger partial charge in [-0.05, 0) is 38.6 Å². The van der Waals surface area contributed by atoms with Gasteiger partial charge in [0.15, 0.2) is 0 Å². The number of rotatable bonds is 2. The Morgan fingerprint density at radius 2 is 2.00 bits per heavy atom. The number of benzene rings is 1. The van der Waals surface area contributed by atoms with Crippen molar-refractivity contribution in [1.29, 1.82) is 0 Å². The van der Waals surface area contributed by atoms with E-state index < -0.39 is 0 Å². The zero-order valence-corrected chi connectivity index (χ0v) is 9.85. The summed E-state index contributed by atoms with van der Waals surface area (Å²) in [7, 11) is 1.91. The van der Waals surface area contributed by atoms with E-state index in [0.29, 0.717) is 5.56 Å². The van der Waals surface area contributed by atoms with E-state index in [1.54, 1.807) is 24.3 Å². The fourth-order valence-electron chi connectivity index (χ4n) is 2.10. The molecular weight excluding hydrogens is 216 g/mol. The second kappa shape index (κ2) is 5.10. The number of carbonyl (C=O) groups excluding carboxylic acids is 2. The van der Waals surface area contributed by atoms with Crippen LogP contribution in [0.5, 0.6) is 0 Å². The van der Waals surface area contributed by atoms with E-state index in [1.807, 2.05) is 18.0 Å². The van der Waals surface area contributed by atoms with Gasteiger partial charge in [0.05, 0.1) is 6.04 Å². The van der Waals surface area contributed by atoms with Crippen molar-refractivity contribution in [3.63, 3.8) is 0 Å². The molecule has 90 valence electrons. The lowest BCUT2D eigenvalue weighted by Crippen LogP contribution is -2.43. The summed E-state index contributed by atoms with van der Waals surface area (Å²) in [6, 6.07) is 8.62. The molecule has 4 nitrogen and oxygen atoms in total. The van der Waals surface area contributed by atoms with E-state index in [1.165, 1.54) is 0 Å². The number of nitrogens with one attached hydrogen (secondary N) is 1. The standard InChI is InChI=1S/C13H16N2O2/c1-15-9-5-8-11(15)13(17)14-12(16)10-6-3-2-4-7-10/h2-4,6-7,11H,5,8-9H2,1H3,(H,14,16,17)/t11-/m1/s1. The van der Waals surface area contributed by atoms with Crippen LogP contribution in [0.15, 0.2) is 30.3 Å². The molecule has 1 aromatic carbocycles. The number of likely N-dealkylation sites (N-methyl/N-ethyl adjacent to an activating group) is 1. The third-order valence-electron chi connectivity index (χ3n) is 3.10. The largest absolute Gasteiger partial charge is 0.295 e. The number of likely N-dealkylation sites (tertiary alicyclic amines) is 1. The molecule has 1 fully saturated rings. The Hall–Kier alpha value is -1.68. The Bertz CT molecular complexity index is 417. The first-order valence-electron chi connectivity index (χ1n) is 5.79. The molecule has 0 aliphatic carbocycles. The second-order valence-corrected chi connectivity index (χ2v) is 4.32. The topological polar surface area (TPSA) is 49.4 Å². The lowest BCUT2D eigenvalue weighted by atomic mass is 10.2. The predicted molar refractivity (Wildman–Crippen MR) is 64.6 cm³/mol. The van der Waals surface area contributed by atoms with Gasteiger partial charge in [-0.1, -0.05) is 18.2 Å². The number of amides is 2. The van der Waals surface area contributed by atoms with E-state index in [9.17, 15) is 9.59 Å². The summed E-state index contributed by atoms with van der Waals surface area (Å²) in [5.74, 6) is -0.519. The molecule has 0 spiro atoms. The molecule has 4 heteroatoms. The van der Waals surface area contributed by atoms with Crippen molar-refractivity contribution < 1.29 is 9.59 Å². The Kier molecular flexibility index (Phi) is 3.54. The maximum atomic E-state index is 11.9. The fourth-order valence-corrected chi connectivity index (χ4v) is 2.10. The summed E-state index contributed by atoms with van der Waals surface area (Å²) in [5.41, 5.74) is 0.515. The van der Waals surface area contributed by atoms with Gasteiger partial charge in [0.25, 0.3) is 5.91 Å². The summed E-state index contributed by atoms with van der Waals surface area (Å²) >= 11 is 0. The molecule has 17 heavy (non-hydrogen) atoms. The minimum atomic E-state index is -0.323. The minimum Gasteiger partial charge on any atom is -0.295 e. The van der Waals surface area contributed by atoms with Crippen LogP contribution in [-0.4, -0.2) is 36.3 Å². The molecule has 0 radical (unpaired) electrons. The number of hydrogen-bond donors (Lipinski definition) is 1. The fraction of sp³-hybridized carbons (Fsp3) is 0.385. The maximum Gasteiger partial charge on any atom is 0.257 e. The molecule has 1 heterocycles. The zero-order valence-electron chi connectivity index (χ0n) is 9.85. The van der Waals surface area contributed by atoms with Crippen molar-refractivity contribution in [3.8, 4) is 0 Å². The highest BCUT2D eigenvalue weighted by atomic mass is 16.2. The lowest BCUT2D eigenvalue weighted by Gasteiger charge is -2.17. The van der Waals surface area contributed by atoms with Gasteiger partial charge in [-0.2, -0.15) is 0 Å². The molecule has 1 N–H and O–H groups in total. The summed E-state index contributed by atoms with van der Waals surface area (Å²) < 4.78 is 0. The highest BCUT2D eigenvalue weighted by Crippen LogP contribution is 2.14. The molecular formula is C13H16N2O2. The van der Waals surface area contributed by atoms with E-state index >= 15 is 0 Å². The summed E-state index contributed by atoms with van der Waals surface area (Å²) in [4.78, 5) is 25.6. The van der Waals surface area contributed by atoms with Crippen LogP contribution in [0, 0.1) is 0 Å². The van der Waals surface area contributed by atoms with Crippen LogP contribution in [-0.2, 0) is 4.79 Å². The third kappa shape index (κ3) is 2.71. The Morgan fingerprint density at radius 1 is 1.29 bits per heavy atom. The van der Waals surface area contributed by atoms with Gasteiger partial charge < -0.3 is 0 Å². The van der Waals surface area contributed by atoms with Gasteiger partial charge in [0, 0.05) is 5.56 Å². The van der Waals surface area contributed by atoms with Crippen molar-refractivity contribution >= 4 is 11.8 Å². The normalized spacial score (nSPS) is 20.2. The molecule has 0 unspecified atom stereocenters. The van der Waals surface area contributed by atoms with Crippen LogP contribution >= 0.6 is 0 Å².